The Morgan fingerprint density at radius 2 is 2.03 bits per heavy atom. The maximum absolute atomic E-state index is 13.6. The molecule has 4 rings (SSSR count). The highest BCUT2D eigenvalue weighted by Gasteiger charge is 2.22. The SMILES string of the molecule is CCSc1cccc(C(=O)N(Cc2ccccn2)c2nc3ccc(F)cc3s2)c1. The Kier molecular flexibility index (Phi) is 5.87. The highest BCUT2D eigenvalue weighted by molar-refractivity contribution is 7.99. The number of carbonyl (C=O) groups is 1. The van der Waals surface area contributed by atoms with E-state index in [0.29, 0.717) is 20.9 Å². The van der Waals surface area contributed by atoms with Crippen LogP contribution in [-0.4, -0.2) is 21.6 Å². The molecule has 146 valence electrons. The summed E-state index contributed by atoms with van der Waals surface area (Å²) in [5.74, 6) is 0.451. The van der Waals surface area contributed by atoms with Crippen molar-refractivity contribution >= 4 is 44.4 Å². The number of carbonyl (C=O) groups excluding carboxylic acids is 1. The molecule has 0 bridgehead atoms. The Bertz CT molecular complexity index is 1150. The molecule has 0 atom stereocenters. The van der Waals surface area contributed by atoms with Crippen molar-refractivity contribution in [2.45, 2.75) is 18.4 Å². The van der Waals surface area contributed by atoms with Gasteiger partial charge in [-0.05, 0) is 54.3 Å². The number of halogens is 1. The minimum absolute atomic E-state index is 0.159. The predicted molar refractivity (Wildman–Crippen MR) is 117 cm³/mol. The van der Waals surface area contributed by atoms with Gasteiger partial charge in [-0.3, -0.25) is 14.7 Å². The molecule has 0 aliphatic heterocycles. The Morgan fingerprint density at radius 3 is 2.83 bits per heavy atom. The zero-order chi connectivity index (χ0) is 20.2. The van der Waals surface area contributed by atoms with Gasteiger partial charge in [-0.1, -0.05) is 30.4 Å². The number of aromatic nitrogens is 2. The first-order chi connectivity index (χ1) is 14.1. The minimum atomic E-state index is -0.320. The van der Waals surface area contributed by atoms with E-state index in [1.54, 1.807) is 35.0 Å². The van der Waals surface area contributed by atoms with Crippen LogP contribution in [0.4, 0.5) is 9.52 Å². The summed E-state index contributed by atoms with van der Waals surface area (Å²) in [4.78, 5) is 25.0. The van der Waals surface area contributed by atoms with Crippen molar-refractivity contribution < 1.29 is 9.18 Å². The molecule has 0 aliphatic rings. The van der Waals surface area contributed by atoms with E-state index >= 15 is 0 Å². The van der Waals surface area contributed by atoms with Crippen LogP contribution in [0, 0.1) is 5.82 Å². The van der Waals surface area contributed by atoms with Crippen molar-refractivity contribution in [1.82, 2.24) is 9.97 Å². The van der Waals surface area contributed by atoms with Gasteiger partial charge in [0, 0.05) is 16.7 Å². The van der Waals surface area contributed by atoms with Crippen molar-refractivity contribution in [3.63, 3.8) is 0 Å². The molecule has 0 spiro atoms. The van der Waals surface area contributed by atoms with E-state index in [0.717, 1.165) is 16.3 Å². The molecule has 0 unspecified atom stereocenters. The fourth-order valence-electron chi connectivity index (χ4n) is 2.92. The van der Waals surface area contributed by atoms with Gasteiger partial charge in [-0.25, -0.2) is 9.37 Å². The smallest absolute Gasteiger partial charge is 0.260 e. The third-order valence-corrected chi connectivity index (χ3v) is 6.17. The average Bonchev–Trinajstić information content (AvgIpc) is 3.15. The van der Waals surface area contributed by atoms with E-state index in [4.69, 9.17) is 0 Å². The second-order valence-corrected chi connectivity index (χ2v) is 8.63. The zero-order valence-corrected chi connectivity index (χ0v) is 17.3. The van der Waals surface area contributed by atoms with E-state index in [1.807, 2.05) is 36.4 Å². The summed E-state index contributed by atoms with van der Waals surface area (Å²) >= 11 is 2.98. The summed E-state index contributed by atoms with van der Waals surface area (Å²) in [7, 11) is 0. The quantitative estimate of drug-likeness (QED) is 0.368. The van der Waals surface area contributed by atoms with Gasteiger partial charge in [-0.15, -0.1) is 11.8 Å². The summed E-state index contributed by atoms with van der Waals surface area (Å²) < 4.78 is 14.3. The molecule has 4 aromatic rings. The van der Waals surface area contributed by atoms with Gasteiger partial charge in [-0.2, -0.15) is 0 Å². The van der Waals surface area contributed by atoms with Crippen LogP contribution in [0.2, 0.25) is 0 Å². The number of anilines is 1. The van der Waals surface area contributed by atoms with Gasteiger partial charge in [0.2, 0.25) is 0 Å². The molecule has 0 saturated carbocycles. The Balaban J connectivity index is 1.74. The van der Waals surface area contributed by atoms with E-state index in [2.05, 4.69) is 16.9 Å². The van der Waals surface area contributed by atoms with Crippen LogP contribution >= 0.6 is 23.1 Å². The normalized spacial score (nSPS) is 11.0. The maximum atomic E-state index is 13.6. The highest BCUT2D eigenvalue weighted by atomic mass is 32.2. The number of pyridine rings is 1. The van der Waals surface area contributed by atoms with Crippen LogP contribution in [0.15, 0.2) is 71.8 Å². The number of nitrogens with zero attached hydrogens (tertiary/aromatic N) is 3. The lowest BCUT2D eigenvalue weighted by Gasteiger charge is -2.20. The molecule has 0 radical (unpaired) electrons. The largest absolute Gasteiger partial charge is 0.278 e. The van der Waals surface area contributed by atoms with Crippen LogP contribution in [0.5, 0.6) is 0 Å². The molecular weight excluding hydrogens is 405 g/mol. The summed E-state index contributed by atoms with van der Waals surface area (Å²) in [6.45, 7) is 2.36. The van der Waals surface area contributed by atoms with Gasteiger partial charge in [0.25, 0.3) is 5.91 Å². The first-order valence-corrected chi connectivity index (χ1v) is 10.9. The third kappa shape index (κ3) is 4.46. The Labute approximate surface area is 176 Å². The molecule has 29 heavy (non-hydrogen) atoms. The molecular formula is C22H18FN3OS2. The fourth-order valence-corrected chi connectivity index (χ4v) is 4.63. The van der Waals surface area contributed by atoms with Crippen molar-refractivity contribution in [1.29, 1.82) is 0 Å². The van der Waals surface area contributed by atoms with Crippen LogP contribution in [0.1, 0.15) is 23.0 Å². The monoisotopic (exact) mass is 423 g/mol. The summed E-state index contributed by atoms with van der Waals surface area (Å²) in [6.07, 6.45) is 1.70. The topological polar surface area (TPSA) is 46.1 Å². The molecule has 0 saturated heterocycles. The molecule has 1 amide bonds. The molecule has 4 nitrogen and oxygen atoms in total. The zero-order valence-electron chi connectivity index (χ0n) is 15.7. The molecule has 2 heterocycles. The van der Waals surface area contributed by atoms with Gasteiger partial charge in [0.15, 0.2) is 5.13 Å². The molecule has 7 heteroatoms. The van der Waals surface area contributed by atoms with Crippen LogP contribution in [0.25, 0.3) is 10.2 Å². The average molecular weight is 424 g/mol. The predicted octanol–water partition coefficient (Wildman–Crippen LogP) is 5.79. The molecule has 2 aromatic carbocycles. The van der Waals surface area contributed by atoms with E-state index in [9.17, 15) is 9.18 Å². The van der Waals surface area contributed by atoms with Crippen molar-refractivity contribution in [3.8, 4) is 0 Å². The van der Waals surface area contributed by atoms with Gasteiger partial charge in [0.05, 0.1) is 22.5 Å². The molecule has 0 aliphatic carbocycles. The maximum Gasteiger partial charge on any atom is 0.260 e. The summed E-state index contributed by atoms with van der Waals surface area (Å²) in [6, 6.07) is 17.6. The van der Waals surface area contributed by atoms with Crippen LogP contribution in [0.3, 0.4) is 0 Å². The summed E-state index contributed by atoms with van der Waals surface area (Å²) in [5.41, 5.74) is 2.01. The number of fused-ring (bicyclic) bond motifs is 1. The van der Waals surface area contributed by atoms with Crippen LogP contribution in [-0.2, 0) is 6.54 Å². The number of hydrogen-bond acceptors (Lipinski definition) is 5. The van der Waals surface area contributed by atoms with Crippen LogP contribution < -0.4 is 4.90 Å². The number of rotatable bonds is 6. The lowest BCUT2D eigenvalue weighted by molar-refractivity contribution is 0.0984. The van der Waals surface area contributed by atoms with Gasteiger partial charge < -0.3 is 0 Å². The molecule has 0 fully saturated rings. The Hall–Kier alpha value is -2.77. The number of thioether (sulfide) groups is 1. The van der Waals surface area contributed by atoms with E-state index in [-0.39, 0.29) is 18.3 Å². The summed E-state index contributed by atoms with van der Waals surface area (Å²) in [5, 5.41) is 0.523. The number of amides is 1. The lowest BCUT2D eigenvalue weighted by atomic mass is 10.2. The lowest BCUT2D eigenvalue weighted by Crippen LogP contribution is -2.30. The second kappa shape index (κ2) is 8.71. The van der Waals surface area contributed by atoms with Gasteiger partial charge in [0.1, 0.15) is 5.82 Å². The standard InChI is InChI=1S/C22H18FN3OS2/c1-2-28-18-8-5-6-15(12-18)21(27)26(14-17-7-3-4-11-24-17)22-25-19-10-9-16(23)13-20(19)29-22/h3-13H,2,14H2,1H3. The first kappa shape index (κ1) is 19.5. The minimum Gasteiger partial charge on any atom is -0.278 e. The van der Waals surface area contributed by atoms with Crippen molar-refractivity contribution in [2.75, 3.05) is 10.7 Å². The first-order valence-electron chi connectivity index (χ1n) is 9.15. The number of benzene rings is 2. The highest BCUT2D eigenvalue weighted by Crippen LogP contribution is 2.31. The fraction of sp³-hybridized carbons (Fsp3) is 0.136. The number of hydrogen-bond donors (Lipinski definition) is 0. The Morgan fingerprint density at radius 1 is 1.14 bits per heavy atom. The van der Waals surface area contributed by atoms with E-state index in [1.165, 1.54) is 23.5 Å². The number of thiazole rings is 1. The second-order valence-electron chi connectivity index (χ2n) is 6.28. The van der Waals surface area contributed by atoms with Gasteiger partial charge >= 0.3 is 0 Å². The molecule has 2 aromatic heterocycles. The third-order valence-electron chi connectivity index (χ3n) is 4.25. The van der Waals surface area contributed by atoms with Crippen molar-refractivity contribution in [3.05, 3.63) is 83.9 Å². The van der Waals surface area contributed by atoms with Crippen molar-refractivity contribution in [2.24, 2.45) is 0 Å². The van der Waals surface area contributed by atoms with E-state index < -0.39 is 0 Å². The molecule has 0 N–H and O–H groups in total.